The van der Waals surface area contributed by atoms with Crippen molar-refractivity contribution in [2.24, 2.45) is 0 Å². The molecule has 1 N–H and O–H groups in total. The van der Waals surface area contributed by atoms with Crippen molar-refractivity contribution in [2.45, 2.75) is 13.5 Å². The molecule has 0 spiro atoms. The molecule has 2 heterocycles. The second-order valence-corrected chi connectivity index (χ2v) is 6.10. The van der Waals surface area contributed by atoms with E-state index in [-0.39, 0.29) is 0 Å². The number of nitrogens with zero attached hydrogens (tertiary/aromatic N) is 3. The van der Waals surface area contributed by atoms with Crippen LogP contribution in [-0.4, -0.2) is 28.0 Å². The molecular weight excluding hydrogens is 407 g/mol. The molecule has 0 aliphatic carbocycles. The molecule has 0 fully saturated rings. The summed E-state index contributed by atoms with van der Waals surface area (Å²) >= 11 is 2.27. The minimum absolute atomic E-state index is 0.447. The van der Waals surface area contributed by atoms with Crippen molar-refractivity contribution in [3.63, 3.8) is 0 Å². The molecule has 0 saturated carbocycles. The summed E-state index contributed by atoms with van der Waals surface area (Å²) in [6.07, 6.45) is 5.35. The minimum Gasteiger partial charge on any atom is -0.423 e. The molecule has 0 aliphatic rings. The molecule has 0 aliphatic heterocycles. The molecule has 0 bridgehead atoms. The number of halogens is 1. The monoisotopic (exact) mass is 424 g/mol. The summed E-state index contributed by atoms with van der Waals surface area (Å²) in [6.45, 7) is 4.05. The number of ether oxygens (including phenoxy) is 1. The fourth-order valence-electron chi connectivity index (χ4n) is 2.06. The zero-order chi connectivity index (χ0) is 16.1. The van der Waals surface area contributed by atoms with E-state index < -0.39 is 0 Å². The Kier molecular flexibility index (Phi) is 5.29. The molecule has 3 aromatic rings. The fourth-order valence-corrected chi connectivity index (χ4v) is 2.42. The number of aromatic nitrogens is 3. The molecule has 0 unspecified atom stereocenters. The number of oxazole rings is 1. The third-order valence-corrected chi connectivity index (χ3v) is 3.91. The van der Waals surface area contributed by atoms with Gasteiger partial charge >= 0.3 is 0 Å². The van der Waals surface area contributed by atoms with E-state index in [4.69, 9.17) is 9.15 Å². The van der Waals surface area contributed by atoms with Gasteiger partial charge in [-0.05, 0) is 41.6 Å². The van der Waals surface area contributed by atoms with Crippen molar-refractivity contribution in [3.8, 4) is 11.3 Å². The molecule has 0 saturated heterocycles. The maximum absolute atomic E-state index is 5.73. The molecule has 0 amide bonds. The number of anilines is 2. The highest BCUT2D eigenvalue weighted by Gasteiger charge is 2.07. The van der Waals surface area contributed by atoms with Gasteiger partial charge in [0.05, 0.1) is 31.2 Å². The van der Waals surface area contributed by atoms with E-state index in [2.05, 4.69) is 38.0 Å². The highest BCUT2D eigenvalue weighted by atomic mass is 127. The van der Waals surface area contributed by atoms with E-state index >= 15 is 0 Å². The van der Waals surface area contributed by atoms with Crippen molar-refractivity contribution in [2.75, 3.05) is 18.5 Å². The summed E-state index contributed by atoms with van der Waals surface area (Å²) in [5, 5.41) is 7.38. The Hall–Kier alpha value is -1.87. The number of benzene rings is 1. The summed E-state index contributed by atoms with van der Waals surface area (Å²) in [4.78, 5) is 4.25. The lowest BCUT2D eigenvalue weighted by molar-refractivity contribution is 0.136. The van der Waals surface area contributed by atoms with Crippen LogP contribution in [0.3, 0.4) is 0 Å². The molecular formula is C16H17IN4O2. The predicted octanol–water partition coefficient (Wildman–Crippen LogP) is 3.92. The highest BCUT2D eigenvalue weighted by Crippen LogP contribution is 2.24. The van der Waals surface area contributed by atoms with E-state index in [1.165, 1.54) is 3.57 Å². The van der Waals surface area contributed by atoms with Crippen molar-refractivity contribution in [1.29, 1.82) is 0 Å². The van der Waals surface area contributed by atoms with Gasteiger partial charge < -0.3 is 14.5 Å². The average molecular weight is 424 g/mol. The van der Waals surface area contributed by atoms with Gasteiger partial charge in [0, 0.05) is 21.9 Å². The van der Waals surface area contributed by atoms with Gasteiger partial charge in [0.25, 0.3) is 6.01 Å². The Balaban J connectivity index is 1.64. The van der Waals surface area contributed by atoms with Gasteiger partial charge in [0.2, 0.25) is 0 Å². The lowest BCUT2D eigenvalue weighted by Gasteiger charge is -2.01. The highest BCUT2D eigenvalue weighted by molar-refractivity contribution is 14.1. The first-order valence-electron chi connectivity index (χ1n) is 7.33. The summed E-state index contributed by atoms with van der Waals surface area (Å²) in [5.74, 6) is 0.729. The molecule has 120 valence electrons. The Bertz CT molecular complexity index is 752. The molecule has 3 rings (SSSR count). The second-order valence-electron chi connectivity index (χ2n) is 4.85. The molecule has 2 aromatic heterocycles. The van der Waals surface area contributed by atoms with Crippen LogP contribution in [0.15, 0.2) is 47.3 Å². The predicted molar refractivity (Wildman–Crippen MR) is 96.7 cm³/mol. The van der Waals surface area contributed by atoms with E-state index in [0.717, 1.165) is 23.6 Å². The summed E-state index contributed by atoms with van der Waals surface area (Å²) < 4.78 is 14.1. The standard InChI is InChI=1S/C16H17IN4O2/c1-2-22-8-7-21-11-14(9-19-21)20-16-18-10-15(23-16)12-3-5-13(17)6-4-12/h3-6,9-11H,2,7-8H2,1H3,(H,18,20). The average Bonchev–Trinajstić information content (AvgIpc) is 3.19. The third kappa shape index (κ3) is 4.32. The number of hydrogen-bond acceptors (Lipinski definition) is 5. The van der Waals surface area contributed by atoms with Gasteiger partial charge in [-0.15, -0.1) is 0 Å². The molecule has 0 radical (unpaired) electrons. The Morgan fingerprint density at radius 3 is 2.87 bits per heavy atom. The van der Waals surface area contributed by atoms with Gasteiger partial charge in [-0.2, -0.15) is 5.10 Å². The maximum atomic E-state index is 5.73. The summed E-state index contributed by atoms with van der Waals surface area (Å²) in [6, 6.07) is 8.54. The van der Waals surface area contributed by atoms with Crippen LogP contribution < -0.4 is 5.32 Å². The molecule has 0 atom stereocenters. The van der Waals surface area contributed by atoms with Gasteiger partial charge in [-0.3, -0.25) is 4.68 Å². The normalized spacial score (nSPS) is 10.9. The largest absolute Gasteiger partial charge is 0.423 e. The van der Waals surface area contributed by atoms with E-state index in [1.807, 2.05) is 42.1 Å². The number of nitrogens with one attached hydrogen (secondary N) is 1. The first-order chi connectivity index (χ1) is 11.2. The Labute approximate surface area is 148 Å². The van der Waals surface area contributed by atoms with Crippen LogP contribution in [0.2, 0.25) is 0 Å². The van der Waals surface area contributed by atoms with Crippen LogP contribution in [0.1, 0.15) is 6.92 Å². The number of rotatable bonds is 7. The topological polar surface area (TPSA) is 65.1 Å². The van der Waals surface area contributed by atoms with E-state index in [9.17, 15) is 0 Å². The fraction of sp³-hybridized carbons (Fsp3) is 0.250. The van der Waals surface area contributed by atoms with Crippen LogP contribution in [0.4, 0.5) is 11.7 Å². The number of hydrogen-bond donors (Lipinski definition) is 1. The van der Waals surface area contributed by atoms with Gasteiger partial charge in [0.15, 0.2) is 5.76 Å². The lowest BCUT2D eigenvalue weighted by Crippen LogP contribution is -2.05. The zero-order valence-electron chi connectivity index (χ0n) is 12.7. The summed E-state index contributed by atoms with van der Waals surface area (Å²) in [5.41, 5.74) is 1.83. The van der Waals surface area contributed by atoms with E-state index in [0.29, 0.717) is 19.2 Å². The Morgan fingerprint density at radius 2 is 2.09 bits per heavy atom. The van der Waals surface area contributed by atoms with Crippen molar-refractivity contribution in [1.82, 2.24) is 14.8 Å². The smallest absolute Gasteiger partial charge is 0.299 e. The molecule has 6 nitrogen and oxygen atoms in total. The lowest BCUT2D eigenvalue weighted by atomic mass is 10.2. The molecule has 1 aromatic carbocycles. The van der Waals surface area contributed by atoms with Crippen molar-refractivity contribution < 1.29 is 9.15 Å². The van der Waals surface area contributed by atoms with Crippen molar-refractivity contribution >= 4 is 34.3 Å². The molecule has 23 heavy (non-hydrogen) atoms. The van der Waals surface area contributed by atoms with Gasteiger partial charge in [-0.25, -0.2) is 4.98 Å². The van der Waals surface area contributed by atoms with Gasteiger partial charge in [0.1, 0.15) is 0 Å². The van der Waals surface area contributed by atoms with Crippen molar-refractivity contribution in [3.05, 3.63) is 46.4 Å². The van der Waals surface area contributed by atoms with E-state index in [1.54, 1.807) is 12.4 Å². The van der Waals surface area contributed by atoms with Crippen LogP contribution in [0.25, 0.3) is 11.3 Å². The molecule has 7 heteroatoms. The van der Waals surface area contributed by atoms with Crippen LogP contribution in [-0.2, 0) is 11.3 Å². The first kappa shape index (κ1) is 16.0. The second kappa shape index (κ2) is 7.60. The summed E-state index contributed by atoms with van der Waals surface area (Å²) in [7, 11) is 0. The first-order valence-corrected chi connectivity index (χ1v) is 8.41. The zero-order valence-corrected chi connectivity index (χ0v) is 14.9. The SMILES string of the molecule is CCOCCn1cc(Nc2ncc(-c3ccc(I)cc3)o2)cn1. The maximum Gasteiger partial charge on any atom is 0.299 e. The quantitative estimate of drug-likeness (QED) is 0.460. The third-order valence-electron chi connectivity index (χ3n) is 3.19. The Morgan fingerprint density at radius 1 is 1.26 bits per heavy atom. The van der Waals surface area contributed by atoms with Crippen LogP contribution in [0, 0.1) is 3.57 Å². The van der Waals surface area contributed by atoms with Crippen LogP contribution >= 0.6 is 22.6 Å². The minimum atomic E-state index is 0.447. The van der Waals surface area contributed by atoms with Crippen LogP contribution in [0.5, 0.6) is 0 Å². The van der Waals surface area contributed by atoms with Gasteiger partial charge in [-0.1, -0.05) is 12.1 Å².